The third kappa shape index (κ3) is 4.37. The maximum atomic E-state index is 10.2. The highest BCUT2D eigenvalue weighted by Gasteiger charge is 2.15. The van der Waals surface area contributed by atoms with Crippen molar-refractivity contribution in [1.82, 2.24) is 0 Å². The fourth-order valence-electron chi connectivity index (χ4n) is 1.23. The second-order valence-electron chi connectivity index (χ2n) is 3.30. The third-order valence-corrected chi connectivity index (χ3v) is 2.35. The van der Waals surface area contributed by atoms with Crippen molar-refractivity contribution in [1.29, 1.82) is 0 Å². The number of ether oxygens (including phenoxy) is 1. The van der Waals surface area contributed by atoms with Crippen LogP contribution in [0.5, 0.6) is 0 Å². The minimum atomic E-state index is 0.132. The Hall–Kier alpha value is -0.530. The molecule has 12 heavy (non-hydrogen) atoms. The van der Waals surface area contributed by atoms with Gasteiger partial charge in [-0.15, -0.1) is 0 Å². The predicted molar refractivity (Wildman–Crippen MR) is 49.9 cm³/mol. The normalized spacial score (nSPS) is 15.2. The molecule has 0 fully saturated rings. The lowest BCUT2D eigenvalue weighted by Gasteiger charge is -2.20. The molecule has 0 saturated heterocycles. The number of hydrogen-bond acceptors (Lipinski definition) is 2. The summed E-state index contributed by atoms with van der Waals surface area (Å²) in [7, 11) is 0. The van der Waals surface area contributed by atoms with Crippen molar-refractivity contribution in [2.75, 3.05) is 0 Å². The molecule has 0 bridgehead atoms. The van der Waals surface area contributed by atoms with Gasteiger partial charge < -0.3 is 4.74 Å². The van der Waals surface area contributed by atoms with E-state index in [4.69, 9.17) is 4.74 Å². The molecule has 0 amide bonds. The van der Waals surface area contributed by atoms with Crippen molar-refractivity contribution in [2.45, 2.75) is 52.6 Å². The van der Waals surface area contributed by atoms with Gasteiger partial charge >= 0.3 is 0 Å². The molecule has 2 nitrogen and oxygen atoms in total. The number of carbonyl (C=O) groups is 1. The SMILES string of the molecule is CCCCC(OC=O)C(C)CC. The number of rotatable bonds is 7. The molecule has 0 spiro atoms. The van der Waals surface area contributed by atoms with Crippen molar-refractivity contribution in [3.63, 3.8) is 0 Å². The van der Waals surface area contributed by atoms with Crippen LogP contribution in [0.1, 0.15) is 46.5 Å². The Morgan fingerprint density at radius 1 is 1.42 bits per heavy atom. The highest BCUT2D eigenvalue weighted by Crippen LogP contribution is 2.16. The van der Waals surface area contributed by atoms with Gasteiger partial charge in [0.05, 0.1) is 0 Å². The summed E-state index contributed by atoms with van der Waals surface area (Å²) in [5, 5.41) is 0. The predicted octanol–water partition coefficient (Wildman–Crippen LogP) is 2.76. The molecule has 0 N–H and O–H groups in total. The molecular weight excluding hydrogens is 152 g/mol. The fourth-order valence-corrected chi connectivity index (χ4v) is 1.23. The van der Waals surface area contributed by atoms with Crippen LogP contribution in [0.25, 0.3) is 0 Å². The van der Waals surface area contributed by atoms with Crippen LogP contribution in [0.15, 0.2) is 0 Å². The van der Waals surface area contributed by atoms with E-state index in [0.717, 1.165) is 25.7 Å². The standard InChI is InChI=1S/C10H20O2/c1-4-6-7-10(12-8-11)9(3)5-2/h8-10H,4-7H2,1-3H3. The average Bonchev–Trinajstić information content (AvgIpc) is 2.11. The molecule has 0 aliphatic carbocycles. The Bertz CT molecular complexity index is 112. The quantitative estimate of drug-likeness (QED) is 0.552. The summed E-state index contributed by atoms with van der Waals surface area (Å²) < 4.78 is 5.02. The van der Waals surface area contributed by atoms with Crippen molar-refractivity contribution in [2.24, 2.45) is 5.92 Å². The average molecular weight is 172 g/mol. The second kappa shape index (κ2) is 7.14. The summed E-state index contributed by atoms with van der Waals surface area (Å²) in [6, 6.07) is 0. The highest BCUT2D eigenvalue weighted by atomic mass is 16.5. The smallest absolute Gasteiger partial charge is 0.293 e. The lowest BCUT2D eigenvalue weighted by atomic mass is 9.97. The van der Waals surface area contributed by atoms with Crippen LogP contribution in [0.3, 0.4) is 0 Å². The zero-order valence-corrected chi connectivity index (χ0v) is 8.38. The van der Waals surface area contributed by atoms with E-state index in [0.29, 0.717) is 12.4 Å². The van der Waals surface area contributed by atoms with E-state index in [1.165, 1.54) is 0 Å². The Balaban J connectivity index is 3.75. The number of carbonyl (C=O) groups excluding carboxylic acids is 1. The summed E-state index contributed by atoms with van der Waals surface area (Å²) in [6.07, 6.45) is 4.51. The summed E-state index contributed by atoms with van der Waals surface area (Å²) in [4.78, 5) is 10.2. The highest BCUT2D eigenvalue weighted by molar-refractivity contribution is 5.37. The molecule has 2 atom stereocenters. The van der Waals surface area contributed by atoms with Crippen molar-refractivity contribution >= 4 is 6.47 Å². The van der Waals surface area contributed by atoms with Crippen molar-refractivity contribution in [3.8, 4) is 0 Å². The molecular formula is C10H20O2. The van der Waals surface area contributed by atoms with Crippen LogP contribution < -0.4 is 0 Å². The first kappa shape index (κ1) is 11.5. The maximum Gasteiger partial charge on any atom is 0.293 e. The van der Waals surface area contributed by atoms with Crippen LogP contribution in [0, 0.1) is 5.92 Å². The summed E-state index contributed by atoms with van der Waals surface area (Å²) in [5.41, 5.74) is 0. The van der Waals surface area contributed by atoms with Gasteiger partial charge in [0.25, 0.3) is 6.47 Å². The summed E-state index contributed by atoms with van der Waals surface area (Å²) >= 11 is 0. The molecule has 0 aliphatic rings. The molecule has 72 valence electrons. The van der Waals surface area contributed by atoms with Crippen molar-refractivity contribution < 1.29 is 9.53 Å². The van der Waals surface area contributed by atoms with Crippen LogP contribution in [-0.4, -0.2) is 12.6 Å². The van der Waals surface area contributed by atoms with E-state index < -0.39 is 0 Å². The number of hydrogen-bond donors (Lipinski definition) is 0. The molecule has 0 aromatic rings. The Labute approximate surface area is 75.3 Å². The van der Waals surface area contributed by atoms with E-state index in [1.807, 2.05) is 0 Å². The van der Waals surface area contributed by atoms with E-state index in [1.54, 1.807) is 0 Å². The zero-order valence-electron chi connectivity index (χ0n) is 8.38. The Kier molecular flexibility index (Phi) is 6.82. The van der Waals surface area contributed by atoms with Gasteiger partial charge in [0.15, 0.2) is 0 Å². The largest absolute Gasteiger partial charge is 0.464 e. The molecule has 2 unspecified atom stereocenters. The summed E-state index contributed by atoms with van der Waals surface area (Å²) in [5.74, 6) is 0.488. The van der Waals surface area contributed by atoms with Crippen LogP contribution in [0.2, 0.25) is 0 Å². The topological polar surface area (TPSA) is 26.3 Å². The summed E-state index contributed by atoms with van der Waals surface area (Å²) in [6.45, 7) is 6.97. The molecule has 0 saturated carbocycles. The van der Waals surface area contributed by atoms with Crippen LogP contribution in [-0.2, 0) is 9.53 Å². The van der Waals surface area contributed by atoms with Gasteiger partial charge in [-0.25, -0.2) is 0 Å². The van der Waals surface area contributed by atoms with E-state index in [9.17, 15) is 4.79 Å². The van der Waals surface area contributed by atoms with E-state index >= 15 is 0 Å². The second-order valence-corrected chi connectivity index (χ2v) is 3.30. The van der Waals surface area contributed by atoms with Gasteiger partial charge in [-0.2, -0.15) is 0 Å². The van der Waals surface area contributed by atoms with Gasteiger partial charge in [-0.3, -0.25) is 4.79 Å². The fraction of sp³-hybridized carbons (Fsp3) is 0.900. The third-order valence-electron chi connectivity index (χ3n) is 2.35. The lowest BCUT2D eigenvalue weighted by Crippen LogP contribution is -2.20. The first-order chi connectivity index (χ1) is 5.76. The molecule has 0 aromatic carbocycles. The van der Waals surface area contributed by atoms with Crippen LogP contribution >= 0.6 is 0 Å². The molecule has 0 aromatic heterocycles. The minimum absolute atomic E-state index is 0.132. The van der Waals surface area contributed by atoms with Crippen molar-refractivity contribution in [3.05, 3.63) is 0 Å². The molecule has 0 aliphatic heterocycles. The number of unbranched alkanes of at least 4 members (excludes halogenated alkanes) is 1. The monoisotopic (exact) mass is 172 g/mol. The van der Waals surface area contributed by atoms with Gasteiger partial charge in [0.2, 0.25) is 0 Å². The van der Waals surface area contributed by atoms with Gasteiger partial charge in [0.1, 0.15) is 6.10 Å². The maximum absolute atomic E-state index is 10.2. The zero-order chi connectivity index (χ0) is 9.40. The molecule has 2 heteroatoms. The molecule has 0 heterocycles. The Morgan fingerprint density at radius 2 is 2.08 bits per heavy atom. The van der Waals surface area contributed by atoms with Gasteiger partial charge in [0, 0.05) is 0 Å². The molecule has 0 radical (unpaired) electrons. The first-order valence-corrected chi connectivity index (χ1v) is 4.85. The Morgan fingerprint density at radius 3 is 2.50 bits per heavy atom. The van der Waals surface area contributed by atoms with Crippen LogP contribution in [0.4, 0.5) is 0 Å². The molecule has 0 rings (SSSR count). The lowest BCUT2D eigenvalue weighted by molar-refractivity contribution is -0.136. The first-order valence-electron chi connectivity index (χ1n) is 4.85. The van der Waals surface area contributed by atoms with E-state index in [2.05, 4.69) is 20.8 Å². The van der Waals surface area contributed by atoms with E-state index in [-0.39, 0.29) is 6.10 Å². The van der Waals surface area contributed by atoms with Gasteiger partial charge in [-0.05, 0) is 12.3 Å². The van der Waals surface area contributed by atoms with Gasteiger partial charge in [-0.1, -0.05) is 40.0 Å². The minimum Gasteiger partial charge on any atom is -0.464 e.